The quantitative estimate of drug-likeness (QED) is 0.532. The number of imidazole rings is 1. The summed E-state index contributed by atoms with van der Waals surface area (Å²) >= 11 is 0. The fourth-order valence-corrected chi connectivity index (χ4v) is 1.22. The van der Waals surface area contributed by atoms with E-state index in [0.717, 1.165) is 0 Å². The van der Waals surface area contributed by atoms with Gasteiger partial charge in [0.15, 0.2) is 0 Å². The third-order valence-electron chi connectivity index (χ3n) is 0.972. The Morgan fingerprint density at radius 1 is 1.73 bits per heavy atom. The highest BCUT2D eigenvalue weighted by atomic mass is 32.2. The Kier molecular flexibility index (Phi) is 1.83. The second-order valence-electron chi connectivity index (χ2n) is 2.04. The van der Waals surface area contributed by atoms with E-state index in [0.29, 0.717) is 0 Å². The van der Waals surface area contributed by atoms with Crippen molar-refractivity contribution in [1.82, 2.24) is 9.97 Å². The molecule has 0 aliphatic heterocycles. The number of nitrogens with one attached hydrogen (secondary N) is 1. The van der Waals surface area contributed by atoms with Crippen LogP contribution in [0.1, 0.15) is 5.69 Å². The minimum absolute atomic E-state index is 0.269. The maximum atomic E-state index is 10.5. The Morgan fingerprint density at radius 2 is 2.36 bits per heavy atom. The number of H-pyrrole nitrogens is 1. The molecule has 4 N–H and O–H groups in total. The summed E-state index contributed by atoms with van der Waals surface area (Å²) in [6.45, 7) is 0. The van der Waals surface area contributed by atoms with E-state index in [2.05, 4.69) is 9.97 Å². The summed E-state index contributed by atoms with van der Waals surface area (Å²) in [6.07, 6.45) is 1.21. The first-order chi connectivity index (χ1) is 4.97. The van der Waals surface area contributed by atoms with Crippen molar-refractivity contribution >= 4 is 10.0 Å². The Labute approximate surface area is 63.1 Å². The molecule has 0 aromatic carbocycles. The Morgan fingerprint density at radius 3 is 2.73 bits per heavy atom. The molecule has 0 atom stereocenters. The first-order valence-electron chi connectivity index (χ1n) is 2.71. The van der Waals surface area contributed by atoms with Crippen molar-refractivity contribution in [2.24, 2.45) is 5.14 Å². The molecule has 62 valence electrons. The van der Waals surface area contributed by atoms with Gasteiger partial charge in [0.1, 0.15) is 5.75 Å². The van der Waals surface area contributed by atoms with Crippen molar-refractivity contribution in [1.29, 1.82) is 0 Å². The minimum atomic E-state index is -3.55. The van der Waals surface area contributed by atoms with Crippen molar-refractivity contribution in [3.8, 4) is 6.01 Å². The molecule has 0 unspecified atom stereocenters. The van der Waals surface area contributed by atoms with Crippen LogP contribution in [-0.2, 0) is 15.8 Å². The zero-order valence-electron chi connectivity index (χ0n) is 5.48. The Balaban J connectivity index is 2.81. The SMILES string of the molecule is NS(=O)(=O)Cc1cnc(O)[nH]1. The third kappa shape index (κ3) is 2.56. The lowest BCUT2D eigenvalue weighted by atomic mass is 10.6. The summed E-state index contributed by atoms with van der Waals surface area (Å²) in [4.78, 5) is 5.70. The molecule has 0 aliphatic carbocycles. The molecule has 0 saturated heterocycles. The topological polar surface area (TPSA) is 109 Å². The summed E-state index contributed by atoms with van der Waals surface area (Å²) in [7, 11) is -3.55. The number of nitrogens with zero attached hydrogens (tertiary/aromatic N) is 1. The number of aromatic nitrogens is 2. The fraction of sp³-hybridized carbons (Fsp3) is 0.250. The van der Waals surface area contributed by atoms with E-state index in [1.54, 1.807) is 0 Å². The predicted molar refractivity (Wildman–Crippen MR) is 37.1 cm³/mol. The normalized spacial score (nSPS) is 11.7. The molecule has 6 nitrogen and oxygen atoms in total. The van der Waals surface area contributed by atoms with Crippen molar-refractivity contribution < 1.29 is 13.5 Å². The van der Waals surface area contributed by atoms with Gasteiger partial charge in [-0.1, -0.05) is 0 Å². The van der Waals surface area contributed by atoms with Crippen LogP contribution < -0.4 is 5.14 Å². The largest absolute Gasteiger partial charge is 0.480 e. The summed E-state index contributed by atoms with van der Waals surface area (Å²) in [5.74, 6) is -0.347. The second-order valence-corrected chi connectivity index (χ2v) is 3.65. The van der Waals surface area contributed by atoms with Crippen LogP contribution in [0.15, 0.2) is 6.20 Å². The Bertz CT molecular complexity index is 341. The number of rotatable bonds is 2. The van der Waals surface area contributed by atoms with Crippen LogP contribution in [0.5, 0.6) is 6.01 Å². The highest BCUT2D eigenvalue weighted by Gasteiger charge is 2.06. The zero-order chi connectivity index (χ0) is 8.48. The Hall–Kier alpha value is -1.08. The fourth-order valence-electron chi connectivity index (χ4n) is 0.637. The van der Waals surface area contributed by atoms with Gasteiger partial charge in [-0.05, 0) is 0 Å². The van der Waals surface area contributed by atoms with E-state index >= 15 is 0 Å². The predicted octanol–water partition coefficient (Wildman–Crippen LogP) is -1.10. The van der Waals surface area contributed by atoms with Gasteiger partial charge >= 0.3 is 0 Å². The van der Waals surface area contributed by atoms with Gasteiger partial charge in [-0.15, -0.1) is 0 Å². The lowest BCUT2D eigenvalue weighted by molar-refractivity contribution is 0.436. The molecular formula is C4H7N3O3S. The number of sulfonamides is 1. The molecule has 1 rings (SSSR count). The van der Waals surface area contributed by atoms with Crippen LogP contribution in [0.25, 0.3) is 0 Å². The van der Waals surface area contributed by atoms with E-state index in [9.17, 15) is 8.42 Å². The highest BCUT2D eigenvalue weighted by Crippen LogP contribution is 2.03. The maximum Gasteiger partial charge on any atom is 0.291 e. The van der Waals surface area contributed by atoms with Gasteiger partial charge in [0, 0.05) is 0 Å². The van der Waals surface area contributed by atoms with E-state index < -0.39 is 10.0 Å². The number of aromatic amines is 1. The first kappa shape index (κ1) is 8.02. The molecule has 1 aromatic rings. The van der Waals surface area contributed by atoms with Gasteiger partial charge in [-0.3, -0.25) is 0 Å². The number of hydrogen-bond acceptors (Lipinski definition) is 4. The number of aromatic hydroxyl groups is 1. The van der Waals surface area contributed by atoms with E-state index in [1.165, 1.54) is 6.20 Å². The van der Waals surface area contributed by atoms with E-state index in [1.807, 2.05) is 0 Å². The first-order valence-corrected chi connectivity index (χ1v) is 4.42. The second kappa shape index (κ2) is 2.51. The van der Waals surface area contributed by atoms with Gasteiger partial charge in [-0.2, -0.15) is 0 Å². The molecular weight excluding hydrogens is 170 g/mol. The van der Waals surface area contributed by atoms with Crippen LogP contribution in [0.3, 0.4) is 0 Å². The average Bonchev–Trinajstić information content (AvgIpc) is 2.10. The number of primary sulfonamides is 1. The summed E-state index contributed by atoms with van der Waals surface area (Å²) in [6, 6.07) is -0.316. The zero-order valence-corrected chi connectivity index (χ0v) is 6.30. The van der Waals surface area contributed by atoms with E-state index in [-0.39, 0.29) is 17.5 Å². The van der Waals surface area contributed by atoms with Crippen molar-refractivity contribution in [2.75, 3.05) is 0 Å². The lowest BCUT2D eigenvalue weighted by Gasteiger charge is -1.91. The molecule has 0 saturated carbocycles. The smallest absolute Gasteiger partial charge is 0.291 e. The molecule has 0 fully saturated rings. The van der Waals surface area contributed by atoms with Crippen LogP contribution in [0.2, 0.25) is 0 Å². The van der Waals surface area contributed by atoms with Gasteiger partial charge in [0.25, 0.3) is 6.01 Å². The molecule has 1 aromatic heterocycles. The van der Waals surface area contributed by atoms with Gasteiger partial charge < -0.3 is 10.1 Å². The van der Waals surface area contributed by atoms with E-state index in [4.69, 9.17) is 10.2 Å². The summed E-state index contributed by atoms with van der Waals surface area (Å²) in [5.41, 5.74) is 0.269. The third-order valence-corrected chi connectivity index (χ3v) is 1.69. The minimum Gasteiger partial charge on any atom is -0.480 e. The molecule has 0 aliphatic rings. The standard InChI is InChI=1S/C4H7N3O3S/c5-11(9,10)2-3-1-6-4(8)7-3/h1H,2H2,(H2,5,9,10)(H2,6,7,8). The van der Waals surface area contributed by atoms with Crippen molar-refractivity contribution in [3.63, 3.8) is 0 Å². The molecule has 0 spiro atoms. The van der Waals surface area contributed by atoms with Crippen LogP contribution in [0, 0.1) is 0 Å². The highest BCUT2D eigenvalue weighted by molar-refractivity contribution is 7.88. The van der Waals surface area contributed by atoms with Crippen molar-refractivity contribution in [2.45, 2.75) is 5.75 Å². The number of hydrogen-bond donors (Lipinski definition) is 3. The lowest BCUT2D eigenvalue weighted by Crippen LogP contribution is -2.14. The molecule has 1 heterocycles. The van der Waals surface area contributed by atoms with Crippen molar-refractivity contribution in [3.05, 3.63) is 11.9 Å². The van der Waals surface area contributed by atoms with Crippen LogP contribution >= 0.6 is 0 Å². The molecule has 7 heteroatoms. The van der Waals surface area contributed by atoms with Crippen LogP contribution in [-0.4, -0.2) is 23.5 Å². The average molecular weight is 177 g/mol. The molecule has 0 bridgehead atoms. The molecule has 0 amide bonds. The number of nitrogens with two attached hydrogens (primary N) is 1. The monoisotopic (exact) mass is 177 g/mol. The summed E-state index contributed by atoms with van der Waals surface area (Å²) < 4.78 is 20.9. The van der Waals surface area contributed by atoms with Gasteiger partial charge in [0.05, 0.1) is 11.9 Å². The van der Waals surface area contributed by atoms with Gasteiger partial charge in [-0.25, -0.2) is 18.5 Å². The summed E-state index contributed by atoms with van der Waals surface area (Å²) in [5, 5.41) is 13.4. The molecule has 0 radical (unpaired) electrons. The molecule has 11 heavy (non-hydrogen) atoms. The van der Waals surface area contributed by atoms with Gasteiger partial charge in [0.2, 0.25) is 10.0 Å². The maximum absolute atomic E-state index is 10.5. The van der Waals surface area contributed by atoms with Crippen LogP contribution in [0.4, 0.5) is 0 Å².